The SMILES string of the molecule is CN(C)c1ccc(C(c2ccc(N(C)C)cc2)[C@@H]2C[C@@H](c3ccc(Br)cc3)CCC2=O)cc1. The molecule has 4 heteroatoms. The van der Waals surface area contributed by atoms with Crippen LogP contribution >= 0.6 is 15.9 Å². The summed E-state index contributed by atoms with van der Waals surface area (Å²) in [6, 6.07) is 26.1. The third-order valence-corrected chi connectivity index (χ3v) is 7.50. The Bertz CT molecular complexity index is 1020. The van der Waals surface area contributed by atoms with Crippen molar-refractivity contribution in [3.05, 3.63) is 94.0 Å². The molecule has 0 N–H and O–H groups in total. The van der Waals surface area contributed by atoms with Gasteiger partial charge in [-0.3, -0.25) is 4.79 Å². The largest absolute Gasteiger partial charge is 0.378 e. The van der Waals surface area contributed by atoms with Gasteiger partial charge in [0.15, 0.2) is 0 Å². The van der Waals surface area contributed by atoms with Crippen LogP contribution in [0.5, 0.6) is 0 Å². The third kappa shape index (κ3) is 5.33. The van der Waals surface area contributed by atoms with Crippen LogP contribution in [0.3, 0.4) is 0 Å². The van der Waals surface area contributed by atoms with Gasteiger partial charge < -0.3 is 9.80 Å². The number of rotatable bonds is 6. The monoisotopic (exact) mass is 504 g/mol. The van der Waals surface area contributed by atoms with Crippen LogP contribution in [0.25, 0.3) is 0 Å². The van der Waals surface area contributed by atoms with Gasteiger partial charge >= 0.3 is 0 Å². The van der Waals surface area contributed by atoms with Crippen LogP contribution < -0.4 is 9.80 Å². The highest BCUT2D eigenvalue weighted by molar-refractivity contribution is 9.10. The molecule has 0 radical (unpaired) electrons. The zero-order chi connectivity index (χ0) is 23.5. The molecular weight excluding hydrogens is 472 g/mol. The van der Waals surface area contributed by atoms with Crippen LogP contribution in [0.15, 0.2) is 77.3 Å². The minimum absolute atomic E-state index is 0.0252. The first-order valence-corrected chi connectivity index (χ1v) is 12.5. The Morgan fingerprint density at radius 1 is 0.758 bits per heavy atom. The topological polar surface area (TPSA) is 23.6 Å². The van der Waals surface area contributed by atoms with Crippen molar-refractivity contribution in [2.24, 2.45) is 5.92 Å². The van der Waals surface area contributed by atoms with E-state index in [1.54, 1.807) is 0 Å². The number of halogens is 1. The van der Waals surface area contributed by atoms with Crippen LogP contribution in [0.4, 0.5) is 11.4 Å². The number of nitrogens with zero attached hydrogens (tertiary/aromatic N) is 2. The van der Waals surface area contributed by atoms with E-state index in [-0.39, 0.29) is 11.8 Å². The number of anilines is 2. The van der Waals surface area contributed by atoms with E-state index in [4.69, 9.17) is 0 Å². The standard InChI is InChI=1S/C29H33BrN2O/c1-31(2)25-14-7-21(8-15-25)29(22-9-16-26(17-10-22)32(3)4)27-19-23(11-18-28(27)33)20-5-12-24(30)13-6-20/h5-10,12-17,23,27,29H,11,18-19H2,1-4H3/t23-,27+/m0/s1. The average molecular weight is 506 g/mol. The predicted molar refractivity (Wildman–Crippen MR) is 143 cm³/mol. The molecule has 0 amide bonds. The second-order valence-electron chi connectivity index (χ2n) is 9.55. The molecule has 2 atom stereocenters. The number of carbonyl (C=O) groups excluding carboxylic acids is 1. The van der Waals surface area contributed by atoms with Crippen LogP contribution in [-0.4, -0.2) is 34.0 Å². The molecular formula is C29H33BrN2O. The molecule has 1 aliphatic rings. The number of hydrogen-bond donors (Lipinski definition) is 0. The molecule has 0 aromatic heterocycles. The van der Waals surface area contributed by atoms with Crippen molar-refractivity contribution in [1.29, 1.82) is 0 Å². The molecule has 0 spiro atoms. The summed E-state index contributed by atoms with van der Waals surface area (Å²) in [7, 11) is 8.22. The van der Waals surface area contributed by atoms with Gasteiger partial charge in [0.1, 0.15) is 5.78 Å². The van der Waals surface area contributed by atoms with Gasteiger partial charge in [-0.1, -0.05) is 52.3 Å². The summed E-state index contributed by atoms with van der Waals surface area (Å²) in [6.45, 7) is 0. The number of benzene rings is 3. The maximum Gasteiger partial charge on any atom is 0.136 e. The highest BCUT2D eigenvalue weighted by Gasteiger charge is 2.36. The van der Waals surface area contributed by atoms with Crippen molar-refractivity contribution < 1.29 is 4.79 Å². The maximum atomic E-state index is 13.3. The summed E-state index contributed by atoms with van der Waals surface area (Å²) < 4.78 is 1.09. The van der Waals surface area contributed by atoms with Gasteiger partial charge in [-0.15, -0.1) is 0 Å². The first-order valence-electron chi connectivity index (χ1n) is 11.7. The predicted octanol–water partition coefficient (Wildman–Crippen LogP) is 6.87. The normalized spacial score (nSPS) is 18.4. The van der Waals surface area contributed by atoms with E-state index in [1.807, 2.05) is 0 Å². The molecule has 0 unspecified atom stereocenters. The fourth-order valence-corrected chi connectivity index (χ4v) is 5.30. The van der Waals surface area contributed by atoms with Gasteiger partial charge in [-0.2, -0.15) is 0 Å². The average Bonchev–Trinajstić information content (AvgIpc) is 2.82. The third-order valence-electron chi connectivity index (χ3n) is 6.97. The summed E-state index contributed by atoms with van der Waals surface area (Å²) in [6.07, 6.45) is 2.46. The molecule has 0 bridgehead atoms. The minimum atomic E-state index is -0.0252. The molecule has 1 aliphatic carbocycles. The van der Waals surface area contributed by atoms with Gasteiger partial charge in [0.05, 0.1) is 0 Å². The quantitative estimate of drug-likeness (QED) is 0.366. The summed E-state index contributed by atoms with van der Waals surface area (Å²) in [5.74, 6) is 0.832. The molecule has 0 heterocycles. The van der Waals surface area contributed by atoms with E-state index in [1.165, 1.54) is 28.1 Å². The molecule has 3 aromatic carbocycles. The van der Waals surface area contributed by atoms with Crippen molar-refractivity contribution >= 4 is 33.1 Å². The van der Waals surface area contributed by atoms with Crippen molar-refractivity contribution in [3.63, 3.8) is 0 Å². The lowest BCUT2D eigenvalue weighted by Crippen LogP contribution is -2.30. The lowest BCUT2D eigenvalue weighted by atomic mass is 9.68. The van der Waals surface area contributed by atoms with Crippen molar-refractivity contribution in [2.75, 3.05) is 38.0 Å². The summed E-state index contributed by atoms with van der Waals surface area (Å²) in [5.41, 5.74) is 6.10. The van der Waals surface area contributed by atoms with E-state index in [0.717, 1.165) is 17.3 Å². The lowest BCUT2D eigenvalue weighted by molar-refractivity contribution is -0.125. The van der Waals surface area contributed by atoms with Crippen LogP contribution in [0.1, 0.15) is 47.8 Å². The van der Waals surface area contributed by atoms with E-state index in [2.05, 4.69) is 127 Å². The molecule has 172 valence electrons. The molecule has 3 aromatic rings. The first-order chi connectivity index (χ1) is 15.8. The zero-order valence-electron chi connectivity index (χ0n) is 20.0. The Hall–Kier alpha value is -2.59. The lowest BCUT2D eigenvalue weighted by Gasteiger charge is -2.35. The van der Waals surface area contributed by atoms with Gasteiger partial charge in [0.25, 0.3) is 0 Å². The van der Waals surface area contributed by atoms with Crippen molar-refractivity contribution in [3.8, 4) is 0 Å². The molecule has 0 saturated heterocycles. The molecule has 1 fully saturated rings. The van der Waals surface area contributed by atoms with E-state index < -0.39 is 0 Å². The van der Waals surface area contributed by atoms with Gasteiger partial charge in [0, 0.05) is 62.3 Å². The summed E-state index contributed by atoms with van der Waals surface area (Å²) in [4.78, 5) is 17.6. The fourth-order valence-electron chi connectivity index (χ4n) is 5.03. The number of ketones is 1. The summed E-state index contributed by atoms with van der Waals surface area (Å²) >= 11 is 3.55. The van der Waals surface area contributed by atoms with Crippen molar-refractivity contribution in [2.45, 2.75) is 31.1 Å². The van der Waals surface area contributed by atoms with E-state index in [0.29, 0.717) is 18.1 Å². The molecule has 3 nitrogen and oxygen atoms in total. The molecule has 0 aliphatic heterocycles. The molecule has 4 rings (SSSR count). The Labute approximate surface area is 206 Å². The van der Waals surface area contributed by atoms with Gasteiger partial charge in [0.2, 0.25) is 0 Å². The number of carbonyl (C=O) groups is 1. The Kier molecular flexibility index (Phi) is 7.23. The van der Waals surface area contributed by atoms with Crippen molar-refractivity contribution in [1.82, 2.24) is 0 Å². The van der Waals surface area contributed by atoms with Gasteiger partial charge in [-0.25, -0.2) is 0 Å². The Morgan fingerprint density at radius 2 is 1.24 bits per heavy atom. The van der Waals surface area contributed by atoms with E-state index >= 15 is 0 Å². The van der Waals surface area contributed by atoms with E-state index in [9.17, 15) is 4.79 Å². The first kappa shape index (κ1) is 23.6. The molecule has 33 heavy (non-hydrogen) atoms. The van der Waals surface area contributed by atoms with Crippen LogP contribution in [0.2, 0.25) is 0 Å². The smallest absolute Gasteiger partial charge is 0.136 e. The number of Topliss-reactive ketones (excluding diaryl/α,β-unsaturated/α-hetero) is 1. The molecule has 1 saturated carbocycles. The maximum absolute atomic E-state index is 13.3. The highest BCUT2D eigenvalue weighted by Crippen LogP contribution is 2.44. The fraction of sp³-hybridized carbons (Fsp3) is 0.345. The Morgan fingerprint density at radius 3 is 1.70 bits per heavy atom. The van der Waals surface area contributed by atoms with Crippen LogP contribution in [0, 0.1) is 5.92 Å². The minimum Gasteiger partial charge on any atom is -0.378 e. The number of hydrogen-bond acceptors (Lipinski definition) is 3. The van der Waals surface area contributed by atoms with Crippen LogP contribution in [-0.2, 0) is 4.79 Å². The highest BCUT2D eigenvalue weighted by atomic mass is 79.9. The van der Waals surface area contributed by atoms with Gasteiger partial charge in [-0.05, 0) is 71.8 Å². The second kappa shape index (κ2) is 10.1. The second-order valence-corrected chi connectivity index (χ2v) is 10.5. The summed E-state index contributed by atoms with van der Waals surface area (Å²) in [5, 5.41) is 0. The zero-order valence-corrected chi connectivity index (χ0v) is 21.5. The Balaban J connectivity index is 1.72.